The maximum atomic E-state index is 13.5. The topological polar surface area (TPSA) is 43.8 Å². The van der Waals surface area contributed by atoms with E-state index < -0.39 is 0 Å². The summed E-state index contributed by atoms with van der Waals surface area (Å²) in [7, 11) is 0. The minimum atomic E-state index is -0.349. The summed E-state index contributed by atoms with van der Waals surface area (Å²) in [6, 6.07) is 4.58. The zero-order chi connectivity index (χ0) is 13.1. The Hall–Kier alpha value is -1.20. The van der Waals surface area contributed by atoms with Gasteiger partial charge in [0.25, 0.3) is 0 Å². The Morgan fingerprint density at radius 2 is 2.22 bits per heavy atom. The third-order valence-electron chi connectivity index (χ3n) is 2.77. The van der Waals surface area contributed by atoms with Crippen LogP contribution in [0.1, 0.15) is 30.5 Å². The van der Waals surface area contributed by atoms with Gasteiger partial charge in [-0.15, -0.1) is 0 Å². The number of benzene rings is 1. The molecular formula is C13H15BrFN3. The zero-order valence-corrected chi connectivity index (χ0v) is 11.7. The fraction of sp³-hybridized carbons (Fsp3) is 0.308. The second kappa shape index (κ2) is 5.63. The normalized spacial score (nSPS) is 12.7. The quantitative estimate of drug-likeness (QED) is 0.942. The molecule has 0 radical (unpaired) electrons. The van der Waals surface area contributed by atoms with E-state index >= 15 is 0 Å². The van der Waals surface area contributed by atoms with Gasteiger partial charge in [0.15, 0.2) is 0 Å². The highest BCUT2D eigenvalue weighted by Crippen LogP contribution is 2.23. The molecule has 3 nitrogen and oxygen atoms in total. The molecule has 0 aliphatic heterocycles. The van der Waals surface area contributed by atoms with E-state index in [2.05, 4.69) is 28.0 Å². The Bertz CT molecular complexity index is 539. The molecule has 0 saturated carbocycles. The lowest BCUT2D eigenvalue weighted by atomic mass is 10.0. The highest BCUT2D eigenvalue weighted by molar-refractivity contribution is 9.10. The molecule has 1 heterocycles. The van der Waals surface area contributed by atoms with Crippen LogP contribution >= 0.6 is 15.9 Å². The molecule has 0 saturated heterocycles. The predicted molar refractivity (Wildman–Crippen MR) is 72.6 cm³/mol. The minimum Gasteiger partial charge on any atom is -0.320 e. The number of nitrogens with zero attached hydrogens (tertiary/aromatic N) is 2. The van der Waals surface area contributed by atoms with Gasteiger partial charge in [0, 0.05) is 18.3 Å². The highest BCUT2D eigenvalue weighted by atomic mass is 79.9. The summed E-state index contributed by atoms with van der Waals surface area (Å²) in [4.78, 5) is 0. The number of halogens is 2. The van der Waals surface area contributed by atoms with E-state index in [1.807, 2.05) is 16.9 Å². The number of aryl methyl sites for hydroxylation is 1. The van der Waals surface area contributed by atoms with Crippen LogP contribution in [0.25, 0.3) is 0 Å². The molecule has 2 aromatic rings. The van der Waals surface area contributed by atoms with Crippen molar-refractivity contribution in [2.24, 2.45) is 5.73 Å². The Labute approximate surface area is 114 Å². The second-order valence-electron chi connectivity index (χ2n) is 4.19. The molecule has 1 atom stereocenters. The fourth-order valence-electron chi connectivity index (χ4n) is 1.79. The Balaban J connectivity index is 2.23. The van der Waals surface area contributed by atoms with Crippen LogP contribution in [0.5, 0.6) is 0 Å². The van der Waals surface area contributed by atoms with Gasteiger partial charge in [-0.05, 0) is 40.0 Å². The summed E-state index contributed by atoms with van der Waals surface area (Å²) in [5.41, 5.74) is 7.75. The number of hydrogen-bond donors (Lipinski definition) is 1. The largest absolute Gasteiger partial charge is 0.320 e. The summed E-state index contributed by atoms with van der Waals surface area (Å²) in [5, 5.41) is 4.23. The molecule has 5 heteroatoms. The molecule has 1 unspecified atom stereocenters. The van der Waals surface area contributed by atoms with Crippen LogP contribution in [0.2, 0.25) is 0 Å². The van der Waals surface area contributed by atoms with Gasteiger partial charge in [0.1, 0.15) is 5.82 Å². The van der Waals surface area contributed by atoms with Crippen molar-refractivity contribution in [1.29, 1.82) is 0 Å². The molecule has 1 aromatic heterocycles. The van der Waals surface area contributed by atoms with E-state index in [9.17, 15) is 4.39 Å². The standard InChI is InChI=1S/C13H15BrFN3/c1-2-5-18-8-10(7-17-18)13(16)9-3-4-11(14)12(15)6-9/h3-4,6-8,13H,2,5,16H2,1H3. The van der Waals surface area contributed by atoms with Crippen LogP contribution in [0.15, 0.2) is 35.1 Å². The van der Waals surface area contributed by atoms with E-state index in [4.69, 9.17) is 5.73 Å². The summed E-state index contributed by atoms with van der Waals surface area (Å²) < 4.78 is 15.8. The van der Waals surface area contributed by atoms with Gasteiger partial charge in [-0.25, -0.2) is 4.39 Å². The number of hydrogen-bond acceptors (Lipinski definition) is 2. The maximum absolute atomic E-state index is 13.5. The average molecular weight is 312 g/mol. The van der Waals surface area contributed by atoms with E-state index in [1.54, 1.807) is 12.3 Å². The number of aromatic nitrogens is 2. The van der Waals surface area contributed by atoms with E-state index in [0.29, 0.717) is 4.47 Å². The first-order valence-corrected chi connectivity index (χ1v) is 6.64. The third-order valence-corrected chi connectivity index (χ3v) is 3.41. The monoisotopic (exact) mass is 311 g/mol. The Morgan fingerprint density at radius 1 is 1.44 bits per heavy atom. The van der Waals surface area contributed by atoms with Gasteiger partial charge < -0.3 is 5.73 Å². The van der Waals surface area contributed by atoms with E-state index in [0.717, 1.165) is 24.1 Å². The van der Waals surface area contributed by atoms with Crippen molar-refractivity contribution in [3.8, 4) is 0 Å². The van der Waals surface area contributed by atoms with E-state index in [-0.39, 0.29) is 11.9 Å². The molecular weight excluding hydrogens is 297 g/mol. The van der Waals surface area contributed by atoms with E-state index in [1.165, 1.54) is 6.07 Å². The van der Waals surface area contributed by atoms with Gasteiger partial charge in [-0.2, -0.15) is 5.10 Å². The smallest absolute Gasteiger partial charge is 0.137 e. The molecule has 0 spiro atoms. The molecule has 96 valence electrons. The number of rotatable bonds is 4. The van der Waals surface area contributed by atoms with Gasteiger partial charge in [-0.3, -0.25) is 4.68 Å². The van der Waals surface area contributed by atoms with Crippen LogP contribution in [0.3, 0.4) is 0 Å². The zero-order valence-electron chi connectivity index (χ0n) is 10.1. The fourth-order valence-corrected chi connectivity index (χ4v) is 2.04. The first-order valence-electron chi connectivity index (χ1n) is 5.84. The first kappa shape index (κ1) is 13.2. The molecule has 18 heavy (non-hydrogen) atoms. The van der Waals surface area contributed by atoms with Gasteiger partial charge in [0.2, 0.25) is 0 Å². The molecule has 0 aliphatic carbocycles. The lowest BCUT2D eigenvalue weighted by molar-refractivity contribution is 0.601. The predicted octanol–water partition coefficient (Wildman–Crippen LogP) is 3.24. The van der Waals surface area contributed by atoms with Gasteiger partial charge >= 0.3 is 0 Å². The molecule has 2 N–H and O–H groups in total. The lowest BCUT2D eigenvalue weighted by Crippen LogP contribution is -2.11. The molecule has 1 aromatic carbocycles. The summed E-state index contributed by atoms with van der Waals surface area (Å²) in [6.45, 7) is 2.95. The van der Waals surface area contributed by atoms with Crippen molar-refractivity contribution in [3.05, 3.63) is 52.0 Å². The van der Waals surface area contributed by atoms with Crippen molar-refractivity contribution >= 4 is 15.9 Å². The minimum absolute atomic E-state index is 0.302. The average Bonchev–Trinajstić information content (AvgIpc) is 2.81. The second-order valence-corrected chi connectivity index (χ2v) is 5.04. The Morgan fingerprint density at radius 3 is 2.89 bits per heavy atom. The molecule has 2 rings (SSSR count). The van der Waals surface area contributed by atoms with Crippen LogP contribution in [-0.2, 0) is 6.54 Å². The van der Waals surface area contributed by atoms with Crippen molar-refractivity contribution < 1.29 is 4.39 Å². The molecule has 0 aliphatic rings. The Kier molecular flexibility index (Phi) is 4.14. The van der Waals surface area contributed by atoms with Crippen molar-refractivity contribution in [2.75, 3.05) is 0 Å². The highest BCUT2D eigenvalue weighted by Gasteiger charge is 2.12. The van der Waals surface area contributed by atoms with Crippen LogP contribution in [0, 0.1) is 5.82 Å². The summed E-state index contributed by atoms with van der Waals surface area (Å²) in [6.07, 6.45) is 4.66. The van der Waals surface area contributed by atoms with Crippen LogP contribution in [-0.4, -0.2) is 9.78 Å². The van der Waals surface area contributed by atoms with Gasteiger partial charge in [0.05, 0.1) is 16.7 Å². The molecule has 0 fully saturated rings. The van der Waals surface area contributed by atoms with Crippen molar-refractivity contribution in [2.45, 2.75) is 25.9 Å². The van der Waals surface area contributed by atoms with Crippen LogP contribution in [0.4, 0.5) is 4.39 Å². The van der Waals surface area contributed by atoms with Crippen molar-refractivity contribution in [3.63, 3.8) is 0 Å². The van der Waals surface area contributed by atoms with Crippen LogP contribution < -0.4 is 5.73 Å². The third kappa shape index (κ3) is 2.79. The lowest BCUT2D eigenvalue weighted by Gasteiger charge is -2.10. The summed E-state index contributed by atoms with van der Waals surface area (Å²) in [5.74, 6) is -0.302. The van der Waals surface area contributed by atoms with Gasteiger partial charge in [-0.1, -0.05) is 13.0 Å². The maximum Gasteiger partial charge on any atom is 0.137 e. The summed E-state index contributed by atoms with van der Waals surface area (Å²) >= 11 is 3.13. The molecule has 0 amide bonds. The molecule has 0 bridgehead atoms. The number of nitrogens with two attached hydrogens (primary N) is 1. The van der Waals surface area contributed by atoms with Crippen molar-refractivity contribution in [1.82, 2.24) is 9.78 Å². The SMILES string of the molecule is CCCn1cc(C(N)c2ccc(Br)c(F)c2)cn1. The first-order chi connectivity index (χ1) is 8.61.